The zero-order valence-electron chi connectivity index (χ0n) is 13.4. The van der Waals surface area contributed by atoms with E-state index in [2.05, 4.69) is 24.9 Å². The zero-order chi connectivity index (χ0) is 15.2. The molecule has 1 aromatic carbocycles. The van der Waals surface area contributed by atoms with Crippen molar-refractivity contribution in [3.63, 3.8) is 0 Å². The van der Waals surface area contributed by atoms with E-state index in [0.29, 0.717) is 17.4 Å². The summed E-state index contributed by atoms with van der Waals surface area (Å²) in [6.45, 7) is 3.22. The van der Waals surface area contributed by atoms with Gasteiger partial charge in [-0.1, -0.05) is 19.4 Å². The van der Waals surface area contributed by atoms with Crippen LogP contribution in [0.5, 0.6) is 5.75 Å². The number of nitriles is 1. The molecule has 0 bridgehead atoms. The number of benzene rings is 1. The molecule has 0 N–H and O–H groups in total. The summed E-state index contributed by atoms with van der Waals surface area (Å²) in [4.78, 5) is 2.45. The van der Waals surface area contributed by atoms with Gasteiger partial charge >= 0.3 is 0 Å². The van der Waals surface area contributed by atoms with Crippen LogP contribution >= 0.6 is 0 Å². The average Bonchev–Trinajstić information content (AvgIpc) is 2.54. The minimum Gasteiger partial charge on any atom is -0.495 e. The lowest BCUT2D eigenvalue weighted by atomic mass is 9.84. The smallest absolute Gasteiger partial charge is 0.136 e. The second-order valence-corrected chi connectivity index (χ2v) is 6.14. The summed E-state index contributed by atoms with van der Waals surface area (Å²) in [6.07, 6.45) is 6.67. The SMILES string of the molecule is CCC1CCC(N(C)Cc2ccc(C#N)c(OC)c2)CC1. The van der Waals surface area contributed by atoms with Crippen LogP contribution in [0.4, 0.5) is 0 Å². The van der Waals surface area contributed by atoms with Gasteiger partial charge in [0.1, 0.15) is 11.8 Å². The van der Waals surface area contributed by atoms with Crippen molar-refractivity contribution in [2.75, 3.05) is 14.2 Å². The molecule has 0 atom stereocenters. The predicted octanol–water partition coefficient (Wildman–Crippen LogP) is 3.97. The first-order chi connectivity index (χ1) is 10.2. The molecule has 0 heterocycles. The summed E-state index contributed by atoms with van der Waals surface area (Å²) in [6, 6.07) is 8.74. The zero-order valence-corrected chi connectivity index (χ0v) is 13.4. The minimum atomic E-state index is 0.604. The summed E-state index contributed by atoms with van der Waals surface area (Å²) < 4.78 is 5.29. The van der Waals surface area contributed by atoms with Gasteiger partial charge < -0.3 is 4.74 Å². The van der Waals surface area contributed by atoms with Crippen LogP contribution in [0, 0.1) is 17.2 Å². The van der Waals surface area contributed by atoms with Crippen LogP contribution in [-0.4, -0.2) is 25.1 Å². The fourth-order valence-electron chi connectivity index (χ4n) is 3.34. The van der Waals surface area contributed by atoms with Crippen LogP contribution in [-0.2, 0) is 6.54 Å². The second kappa shape index (κ2) is 7.47. The normalized spacial score (nSPS) is 22.0. The van der Waals surface area contributed by atoms with Crippen molar-refractivity contribution in [3.8, 4) is 11.8 Å². The third-order valence-electron chi connectivity index (χ3n) is 4.84. The lowest BCUT2D eigenvalue weighted by molar-refractivity contribution is 0.157. The van der Waals surface area contributed by atoms with Gasteiger partial charge in [0, 0.05) is 12.6 Å². The quantitative estimate of drug-likeness (QED) is 0.821. The summed E-state index contributed by atoms with van der Waals surface area (Å²) in [5.74, 6) is 1.61. The third-order valence-corrected chi connectivity index (χ3v) is 4.84. The van der Waals surface area contributed by atoms with Crippen molar-refractivity contribution in [1.82, 2.24) is 4.90 Å². The standard InChI is InChI=1S/C18H26N2O/c1-4-14-6-9-17(10-7-14)20(2)13-15-5-8-16(12-19)18(11-15)21-3/h5,8,11,14,17H,4,6-7,9-10,13H2,1-3H3. The number of rotatable bonds is 5. The molecule has 21 heavy (non-hydrogen) atoms. The van der Waals surface area contributed by atoms with E-state index >= 15 is 0 Å². The number of hydrogen-bond acceptors (Lipinski definition) is 3. The van der Waals surface area contributed by atoms with E-state index in [1.807, 2.05) is 18.2 Å². The molecular weight excluding hydrogens is 260 g/mol. The third kappa shape index (κ3) is 3.98. The van der Waals surface area contributed by atoms with Crippen LogP contribution in [0.1, 0.15) is 50.2 Å². The fourth-order valence-corrected chi connectivity index (χ4v) is 3.34. The van der Waals surface area contributed by atoms with Crippen molar-refractivity contribution in [2.24, 2.45) is 5.92 Å². The predicted molar refractivity (Wildman–Crippen MR) is 85.2 cm³/mol. The first-order valence-corrected chi connectivity index (χ1v) is 7.95. The molecule has 0 aromatic heterocycles. The molecule has 3 heteroatoms. The number of hydrogen-bond donors (Lipinski definition) is 0. The molecule has 0 aliphatic heterocycles. The highest BCUT2D eigenvalue weighted by Crippen LogP contribution is 2.30. The molecule has 0 saturated heterocycles. The van der Waals surface area contributed by atoms with E-state index in [-0.39, 0.29) is 0 Å². The van der Waals surface area contributed by atoms with Crippen molar-refractivity contribution in [3.05, 3.63) is 29.3 Å². The summed E-state index contributed by atoms with van der Waals surface area (Å²) in [7, 11) is 3.83. The summed E-state index contributed by atoms with van der Waals surface area (Å²) >= 11 is 0. The highest BCUT2D eigenvalue weighted by atomic mass is 16.5. The highest BCUT2D eigenvalue weighted by Gasteiger charge is 2.23. The maximum absolute atomic E-state index is 9.03. The van der Waals surface area contributed by atoms with Crippen molar-refractivity contribution >= 4 is 0 Å². The van der Waals surface area contributed by atoms with Crippen molar-refractivity contribution < 1.29 is 4.74 Å². The first-order valence-electron chi connectivity index (χ1n) is 7.95. The Balaban J connectivity index is 1.97. The Bertz CT molecular complexity index is 498. The number of nitrogens with zero attached hydrogens (tertiary/aromatic N) is 2. The molecule has 114 valence electrons. The van der Waals surface area contributed by atoms with E-state index in [1.165, 1.54) is 37.7 Å². The molecule has 1 fully saturated rings. The Morgan fingerprint density at radius 3 is 2.57 bits per heavy atom. The van der Waals surface area contributed by atoms with Crippen molar-refractivity contribution in [2.45, 2.75) is 51.6 Å². The minimum absolute atomic E-state index is 0.604. The molecule has 0 unspecified atom stereocenters. The molecule has 1 aromatic rings. The van der Waals surface area contributed by atoms with Crippen LogP contribution in [0.15, 0.2) is 18.2 Å². The van der Waals surface area contributed by atoms with Gasteiger partial charge in [0.15, 0.2) is 0 Å². The van der Waals surface area contributed by atoms with Crippen LogP contribution in [0.25, 0.3) is 0 Å². The van der Waals surface area contributed by atoms with Gasteiger partial charge in [-0.2, -0.15) is 5.26 Å². The first kappa shape index (κ1) is 15.9. The largest absolute Gasteiger partial charge is 0.495 e. The van der Waals surface area contributed by atoms with E-state index in [4.69, 9.17) is 10.00 Å². The van der Waals surface area contributed by atoms with E-state index < -0.39 is 0 Å². The molecule has 3 nitrogen and oxygen atoms in total. The number of ether oxygens (including phenoxy) is 1. The Morgan fingerprint density at radius 2 is 2.00 bits per heavy atom. The van der Waals surface area contributed by atoms with Crippen LogP contribution < -0.4 is 4.74 Å². The maximum Gasteiger partial charge on any atom is 0.136 e. The van der Waals surface area contributed by atoms with Gasteiger partial charge in [-0.25, -0.2) is 0 Å². The lowest BCUT2D eigenvalue weighted by Gasteiger charge is -2.34. The van der Waals surface area contributed by atoms with Crippen molar-refractivity contribution in [1.29, 1.82) is 5.26 Å². The molecule has 0 amide bonds. The fraction of sp³-hybridized carbons (Fsp3) is 0.611. The monoisotopic (exact) mass is 286 g/mol. The van der Waals surface area contributed by atoms with Crippen LogP contribution in [0.3, 0.4) is 0 Å². The molecule has 1 aliphatic rings. The van der Waals surface area contributed by atoms with Gasteiger partial charge in [-0.3, -0.25) is 4.90 Å². The molecule has 0 spiro atoms. The topological polar surface area (TPSA) is 36.3 Å². The molecule has 2 rings (SSSR count). The van der Waals surface area contributed by atoms with Gasteiger partial charge in [-0.05, 0) is 56.3 Å². The second-order valence-electron chi connectivity index (χ2n) is 6.14. The van der Waals surface area contributed by atoms with Gasteiger partial charge in [0.05, 0.1) is 12.7 Å². The Labute approximate surface area is 128 Å². The summed E-state index contributed by atoms with van der Waals surface area (Å²) in [5, 5.41) is 9.03. The Hall–Kier alpha value is -1.53. The van der Waals surface area contributed by atoms with Gasteiger partial charge in [-0.15, -0.1) is 0 Å². The Kier molecular flexibility index (Phi) is 5.64. The average molecular weight is 286 g/mol. The molecule has 0 radical (unpaired) electrons. The van der Waals surface area contributed by atoms with E-state index in [1.54, 1.807) is 7.11 Å². The molecular formula is C18H26N2O. The lowest BCUT2D eigenvalue weighted by Crippen LogP contribution is -2.34. The molecule has 1 aliphatic carbocycles. The highest BCUT2D eigenvalue weighted by molar-refractivity contribution is 5.45. The van der Waals surface area contributed by atoms with Gasteiger partial charge in [0.2, 0.25) is 0 Å². The molecule has 1 saturated carbocycles. The summed E-state index contributed by atoms with van der Waals surface area (Å²) in [5.41, 5.74) is 1.82. The maximum atomic E-state index is 9.03. The Morgan fingerprint density at radius 1 is 1.29 bits per heavy atom. The van der Waals surface area contributed by atoms with E-state index in [9.17, 15) is 0 Å². The van der Waals surface area contributed by atoms with Gasteiger partial charge in [0.25, 0.3) is 0 Å². The van der Waals surface area contributed by atoms with Crippen LogP contribution in [0.2, 0.25) is 0 Å². The number of methoxy groups -OCH3 is 1. The van der Waals surface area contributed by atoms with E-state index in [0.717, 1.165) is 12.5 Å².